The topological polar surface area (TPSA) is 92.4 Å². The molecule has 0 spiro atoms. The molecule has 1 aromatic carbocycles. The minimum Gasteiger partial charge on any atom is -0.397 e. The van der Waals surface area contributed by atoms with Gasteiger partial charge in [0.05, 0.1) is 21.7 Å². The maximum absolute atomic E-state index is 12.3. The van der Waals surface area contributed by atoms with Crippen LogP contribution < -0.4 is 10.5 Å². The highest BCUT2D eigenvalue weighted by Gasteiger charge is 2.27. The van der Waals surface area contributed by atoms with E-state index in [1.165, 1.54) is 12.1 Å². The van der Waals surface area contributed by atoms with E-state index in [2.05, 4.69) is 4.72 Å². The summed E-state index contributed by atoms with van der Waals surface area (Å²) in [6, 6.07) is 2.90. The van der Waals surface area contributed by atoms with E-state index in [9.17, 15) is 13.5 Å². The number of halogens is 1. The van der Waals surface area contributed by atoms with Gasteiger partial charge in [-0.3, -0.25) is 0 Å². The Labute approximate surface area is 124 Å². The van der Waals surface area contributed by atoms with Gasteiger partial charge in [0, 0.05) is 6.54 Å². The Hall–Kier alpha value is -0.820. The first-order chi connectivity index (χ1) is 9.31. The van der Waals surface area contributed by atoms with E-state index >= 15 is 0 Å². The lowest BCUT2D eigenvalue weighted by molar-refractivity contribution is 0.134. The van der Waals surface area contributed by atoms with Crippen LogP contribution in [0.3, 0.4) is 0 Å². The maximum Gasteiger partial charge on any atom is 0.240 e. The SMILES string of the molecule is Cc1cc(Cl)c(N)cc1S(=O)(=O)NCC1CCCC1O. The van der Waals surface area contributed by atoms with Gasteiger partial charge in [-0.15, -0.1) is 0 Å². The van der Waals surface area contributed by atoms with Gasteiger partial charge in [0.2, 0.25) is 10.0 Å². The van der Waals surface area contributed by atoms with E-state index in [4.69, 9.17) is 17.3 Å². The van der Waals surface area contributed by atoms with E-state index < -0.39 is 16.1 Å². The molecule has 2 atom stereocenters. The van der Waals surface area contributed by atoms with Crippen LogP contribution in [-0.2, 0) is 10.0 Å². The van der Waals surface area contributed by atoms with Crippen LogP contribution in [-0.4, -0.2) is 26.2 Å². The first-order valence-corrected chi connectivity index (χ1v) is 8.40. The van der Waals surface area contributed by atoms with Crippen LogP contribution in [0.25, 0.3) is 0 Å². The van der Waals surface area contributed by atoms with Gasteiger partial charge in [-0.1, -0.05) is 18.0 Å². The largest absolute Gasteiger partial charge is 0.397 e. The summed E-state index contributed by atoms with van der Waals surface area (Å²) >= 11 is 5.86. The van der Waals surface area contributed by atoms with E-state index in [0.29, 0.717) is 10.6 Å². The number of benzene rings is 1. The number of hydrogen-bond donors (Lipinski definition) is 3. The molecule has 0 aromatic heterocycles. The average Bonchev–Trinajstić information content (AvgIpc) is 2.77. The molecule has 1 aliphatic rings. The molecule has 0 saturated heterocycles. The van der Waals surface area contributed by atoms with Crippen LogP contribution in [0.1, 0.15) is 24.8 Å². The van der Waals surface area contributed by atoms with Crippen molar-refractivity contribution in [3.8, 4) is 0 Å². The lowest BCUT2D eigenvalue weighted by atomic mass is 10.1. The van der Waals surface area contributed by atoms with Gasteiger partial charge < -0.3 is 10.8 Å². The normalized spacial score (nSPS) is 23.1. The molecule has 20 heavy (non-hydrogen) atoms. The molecule has 2 rings (SSSR count). The lowest BCUT2D eigenvalue weighted by Gasteiger charge is -2.16. The number of sulfonamides is 1. The van der Waals surface area contributed by atoms with Crippen molar-refractivity contribution in [3.63, 3.8) is 0 Å². The monoisotopic (exact) mass is 318 g/mol. The van der Waals surface area contributed by atoms with Gasteiger partial charge in [0.15, 0.2) is 0 Å². The highest BCUT2D eigenvalue weighted by Crippen LogP contribution is 2.28. The molecule has 1 aliphatic carbocycles. The predicted molar refractivity (Wildman–Crippen MR) is 79.1 cm³/mol. The standard InChI is InChI=1S/C13H19ClN2O3S/c1-8-5-10(14)11(15)6-13(8)20(18,19)16-7-9-3-2-4-12(9)17/h5-6,9,12,16-17H,2-4,7,15H2,1H3. The number of nitrogen functional groups attached to an aromatic ring is 1. The van der Waals surface area contributed by atoms with Crippen LogP contribution >= 0.6 is 11.6 Å². The second-order valence-electron chi connectivity index (χ2n) is 5.25. The fourth-order valence-corrected chi connectivity index (χ4v) is 4.08. The molecule has 1 fully saturated rings. The Balaban J connectivity index is 2.16. The summed E-state index contributed by atoms with van der Waals surface area (Å²) in [6.45, 7) is 1.91. The Bertz CT molecular complexity index is 604. The zero-order valence-electron chi connectivity index (χ0n) is 11.3. The minimum atomic E-state index is -3.64. The minimum absolute atomic E-state index is 0.0188. The summed E-state index contributed by atoms with van der Waals surface area (Å²) in [5, 5.41) is 10.1. The van der Waals surface area contributed by atoms with Crippen molar-refractivity contribution in [2.45, 2.75) is 37.2 Å². The molecule has 1 saturated carbocycles. The number of aliphatic hydroxyl groups excluding tert-OH is 1. The predicted octanol–water partition coefficient (Wildman–Crippen LogP) is 1.67. The van der Waals surface area contributed by atoms with E-state index in [0.717, 1.165) is 19.3 Å². The van der Waals surface area contributed by atoms with Crippen LogP contribution in [0.2, 0.25) is 5.02 Å². The molecular formula is C13H19ClN2O3S. The Morgan fingerprint density at radius 2 is 2.15 bits per heavy atom. The smallest absolute Gasteiger partial charge is 0.240 e. The molecule has 4 N–H and O–H groups in total. The van der Waals surface area contributed by atoms with Gasteiger partial charge in [-0.25, -0.2) is 13.1 Å². The highest BCUT2D eigenvalue weighted by molar-refractivity contribution is 7.89. The second-order valence-corrected chi connectivity index (χ2v) is 7.39. The van der Waals surface area contributed by atoms with Crippen molar-refractivity contribution < 1.29 is 13.5 Å². The number of hydrogen-bond acceptors (Lipinski definition) is 4. The van der Waals surface area contributed by atoms with Crippen molar-refractivity contribution in [1.29, 1.82) is 0 Å². The van der Waals surface area contributed by atoms with Crippen molar-refractivity contribution in [1.82, 2.24) is 4.72 Å². The van der Waals surface area contributed by atoms with E-state index in [1.807, 2.05) is 0 Å². The van der Waals surface area contributed by atoms with Gasteiger partial charge in [0.25, 0.3) is 0 Å². The van der Waals surface area contributed by atoms with Gasteiger partial charge >= 0.3 is 0 Å². The van der Waals surface area contributed by atoms with Crippen molar-refractivity contribution in [2.75, 3.05) is 12.3 Å². The summed E-state index contributed by atoms with van der Waals surface area (Å²) in [4.78, 5) is 0.131. The third-order valence-electron chi connectivity index (χ3n) is 3.74. The second kappa shape index (κ2) is 5.89. The Morgan fingerprint density at radius 1 is 1.45 bits per heavy atom. The van der Waals surface area contributed by atoms with Gasteiger partial charge in [-0.05, 0) is 43.4 Å². The molecule has 1 aromatic rings. The van der Waals surface area contributed by atoms with Crippen LogP contribution in [0.5, 0.6) is 0 Å². The molecule has 0 bridgehead atoms. The molecule has 0 aliphatic heterocycles. The number of nitrogens with two attached hydrogens (primary N) is 1. The molecule has 0 heterocycles. The van der Waals surface area contributed by atoms with Gasteiger partial charge in [0.1, 0.15) is 0 Å². The quantitative estimate of drug-likeness (QED) is 0.736. The van der Waals surface area contributed by atoms with Crippen molar-refractivity contribution >= 4 is 27.3 Å². The molecule has 112 valence electrons. The summed E-state index contributed by atoms with van der Waals surface area (Å²) in [5.41, 5.74) is 6.44. The van der Waals surface area contributed by atoms with E-state index in [-0.39, 0.29) is 23.0 Å². The summed E-state index contributed by atoms with van der Waals surface area (Å²) in [7, 11) is -3.64. The lowest BCUT2D eigenvalue weighted by Crippen LogP contribution is -2.32. The Morgan fingerprint density at radius 3 is 2.75 bits per heavy atom. The fraction of sp³-hybridized carbons (Fsp3) is 0.538. The van der Waals surface area contributed by atoms with Crippen LogP contribution in [0.4, 0.5) is 5.69 Å². The number of aryl methyl sites for hydroxylation is 1. The third-order valence-corrected chi connectivity index (χ3v) is 5.63. The fourth-order valence-electron chi connectivity index (χ4n) is 2.51. The molecule has 0 amide bonds. The third kappa shape index (κ3) is 3.25. The van der Waals surface area contributed by atoms with E-state index in [1.54, 1.807) is 6.92 Å². The average molecular weight is 319 g/mol. The summed E-state index contributed by atoms with van der Waals surface area (Å²) in [6.07, 6.45) is 2.08. The van der Waals surface area contributed by atoms with Crippen molar-refractivity contribution in [2.24, 2.45) is 5.92 Å². The Kier molecular flexibility index (Phi) is 4.59. The number of nitrogens with one attached hydrogen (secondary N) is 1. The summed E-state index contributed by atoms with van der Waals surface area (Å²) in [5.74, 6) is -0.0188. The maximum atomic E-state index is 12.3. The zero-order valence-corrected chi connectivity index (χ0v) is 12.8. The zero-order chi connectivity index (χ0) is 14.9. The van der Waals surface area contributed by atoms with Crippen molar-refractivity contribution in [3.05, 3.63) is 22.7 Å². The van der Waals surface area contributed by atoms with Crippen LogP contribution in [0.15, 0.2) is 17.0 Å². The van der Waals surface area contributed by atoms with Crippen LogP contribution in [0, 0.1) is 12.8 Å². The molecule has 0 radical (unpaired) electrons. The first kappa shape index (κ1) is 15.6. The number of anilines is 1. The molecule has 2 unspecified atom stereocenters. The summed E-state index contributed by atoms with van der Waals surface area (Å²) < 4.78 is 27.1. The molecular weight excluding hydrogens is 300 g/mol. The molecule has 5 nitrogen and oxygen atoms in total. The highest BCUT2D eigenvalue weighted by atomic mass is 35.5. The number of rotatable bonds is 4. The first-order valence-electron chi connectivity index (χ1n) is 6.54. The number of aliphatic hydroxyl groups is 1. The van der Waals surface area contributed by atoms with Gasteiger partial charge in [-0.2, -0.15) is 0 Å². The molecule has 7 heteroatoms.